The summed E-state index contributed by atoms with van der Waals surface area (Å²) in [4.78, 5) is 14.9. The number of thioether (sulfide) groups is 1. The lowest BCUT2D eigenvalue weighted by molar-refractivity contribution is -0.122. The predicted octanol–water partition coefficient (Wildman–Crippen LogP) is 4.10. The number of benzene rings is 2. The van der Waals surface area contributed by atoms with Crippen LogP contribution >= 0.6 is 24.0 Å². The fourth-order valence-electron chi connectivity index (χ4n) is 2.33. The van der Waals surface area contributed by atoms with Crippen LogP contribution in [0, 0.1) is 0 Å². The van der Waals surface area contributed by atoms with Crippen molar-refractivity contribution in [1.29, 1.82) is 0 Å². The first-order valence-corrected chi connectivity index (χ1v) is 8.34. The van der Waals surface area contributed by atoms with E-state index in [-0.39, 0.29) is 5.91 Å². The van der Waals surface area contributed by atoms with Gasteiger partial charge in [-0.05, 0) is 17.7 Å². The summed E-state index contributed by atoms with van der Waals surface area (Å²) in [6.07, 6.45) is 1.84. The highest BCUT2D eigenvalue weighted by molar-refractivity contribution is 8.26. The van der Waals surface area contributed by atoms with Gasteiger partial charge in [0, 0.05) is 5.56 Å². The van der Waals surface area contributed by atoms with Gasteiger partial charge in [-0.15, -0.1) is 0 Å². The Kier molecular flexibility index (Phi) is 4.79. The first-order valence-electron chi connectivity index (χ1n) is 7.11. The monoisotopic (exact) mass is 341 g/mol. The van der Waals surface area contributed by atoms with E-state index in [1.54, 1.807) is 12.0 Å². The van der Waals surface area contributed by atoms with Gasteiger partial charge >= 0.3 is 0 Å². The Morgan fingerprint density at radius 3 is 2.57 bits per heavy atom. The summed E-state index contributed by atoms with van der Waals surface area (Å²) in [6, 6.07) is 17.4. The molecule has 0 atom stereocenters. The average Bonchev–Trinajstić information content (AvgIpc) is 2.84. The zero-order valence-corrected chi connectivity index (χ0v) is 14.2. The number of hydrogen-bond acceptors (Lipinski definition) is 4. The summed E-state index contributed by atoms with van der Waals surface area (Å²) in [5.41, 5.74) is 1.93. The number of ether oxygens (including phenoxy) is 1. The zero-order valence-electron chi connectivity index (χ0n) is 12.6. The standard InChI is InChI=1S/C18H15NO2S2/c1-21-15-10-6-5-9-14(15)11-16-17(20)19(18(22)23-16)12-13-7-3-2-4-8-13/h2-11H,12H2,1H3. The van der Waals surface area contributed by atoms with Gasteiger partial charge in [0.15, 0.2) is 0 Å². The first kappa shape index (κ1) is 15.8. The number of rotatable bonds is 4. The average molecular weight is 341 g/mol. The van der Waals surface area contributed by atoms with Crippen LogP contribution in [0.2, 0.25) is 0 Å². The molecule has 1 heterocycles. The summed E-state index contributed by atoms with van der Waals surface area (Å²) in [5.74, 6) is 0.676. The second-order valence-electron chi connectivity index (χ2n) is 5.00. The van der Waals surface area contributed by atoms with Crippen molar-refractivity contribution >= 4 is 40.3 Å². The third kappa shape index (κ3) is 3.46. The van der Waals surface area contributed by atoms with Crippen molar-refractivity contribution in [3.8, 4) is 5.75 Å². The summed E-state index contributed by atoms with van der Waals surface area (Å²) in [6.45, 7) is 0.495. The summed E-state index contributed by atoms with van der Waals surface area (Å²) in [5, 5.41) is 0. The molecule has 116 valence electrons. The molecule has 1 aliphatic rings. The van der Waals surface area contributed by atoms with E-state index in [4.69, 9.17) is 17.0 Å². The Morgan fingerprint density at radius 1 is 1.13 bits per heavy atom. The molecule has 0 radical (unpaired) electrons. The first-order chi connectivity index (χ1) is 11.2. The van der Waals surface area contributed by atoms with Gasteiger partial charge in [-0.1, -0.05) is 72.5 Å². The maximum atomic E-state index is 12.6. The number of methoxy groups -OCH3 is 1. The number of nitrogens with zero attached hydrogens (tertiary/aromatic N) is 1. The predicted molar refractivity (Wildman–Crippen MR) is 98.2 cm³/mol. The fourth-order valence-corrected chi connectivity index (χ4v) is 3.58. The SMILES string of the molecule is COc1ccccc1C=C1SC(=S)N(Cc2ccccc2)C1=O. The van der Waals surface area contributed by atoms with E-state index in [1.807, 2.05) is 60.7 Å². The van der Waals surface area contributed by atoms with Crippen molar-refractivity contribution in [2.24, 2.45) is 0 Å². The molecule has 1 saturated heterocycles. The van der Waals surface area contributed by atoms with E-state index in [9.17, 15) is 4.79 Å². The molecule has 0 aromatic heterocycles. The number of amides is 1. The van der Waals surface area contributed by atoms with Crippen molar-refractivity contribution < 1.29 is 9.53 Å². The van der Waals surface area contributed by atoms with E-state index in [0.717, 1.165) is 16.9 Å². The van der Waals surface area contributed by atoms with E-state index < -0.39 is 0 Å². The van der Waals surface area contributed by atoms with E-state index in [0.29, 0.717) is 15.8 Å². The smallest absolute Gasteiger partial charge is 0.266 e. The third-order valence-electron chi connectivity index (χ3n) is 3.48. The number of carbonyl (C=O) groups is 1. The highest BCUT2D eigenvalue weighted by atomic mass is 32.2. The fraction of sp³-hybridized carbons (Fsp3) is 0.111. The van der Waals surface area contributed by atoms with Crippen molar-refractivity contribution in [1.82, 2.24) is 4.90 Å². The molecule has 5 heteroatoms. The van der Waals surface area contributed by atoms with Gasteiger partial charge < -0.3 is 4.74 Å². The molecule has 0 spiro atoms. The lowest BCUT2D eigenvalue weighted by Crippen LogP contribution is -2.27. The molecule has 0 N–H and O–H groups in total. The second-order valence-corrected chi connectivity index (χ2v) is 6.67. The van der Waals surface area contributed by atoms with Gasteiger partial charge in [0.25, 0.3) is 5.91 Å². The number of para-hydroxylation sites is 1. The Hall–Kier alpha value is -2.11. The van der Waals surface area contributed by atoms with Gasteiger partial charge in [0.05, 0.1) is 18.6 Å². The molecular weight excluding hydrogens is 326 g/mol. The maximum Gasteiger partial charge on any atom is 0.266 e. The van der Waals surface area contributed by atoms with Crippen LogP contribution in [0.3, 0.4) is 0 Å². The number of carbonyl (C=O) groups excluding carboxylic acids is 1. The molecular formula is C18H15NO2S2. The molecule has 1 amide bonds. The van der Waals surface area contributed by atoms with Crippen LogP contribution in [0.25, 0.3) is 6.08 Å². The molecule has 0 bridgehead atoms. The largest absolute Gasteiger partial charge is 0.496 e. The van der Waals surface area contributed by atoms with Crippen LogP contribution in [0.15, 0.2) is 59.5 Å². The summed E-state index contributed by atoms with van der Waals surface area (Å²) < 4.78 is 5.91. The van der Waals surface area contributed by atoms with E-state index >= 15 is 0 Å². The Morgan fingerprint density at radius 2 is 1.83 bits per heavy atom. The maximum absolute atomic E-state index is 12.6. The molecule has 3 nitrogen and oxygen atoms in total. The molecule has 0 unspecified atom stereocenters. The summed E-state index contributed by atoms with van der Waals surface area (Å²) in [7, 11) is 1.62. The highest BCUT2D eigenvalue weighted by Crippen LogP contribution is 2.35. The number of hydrogen-bond donors (Lipinski definition) is 0. The molecule has 0 saturated carbocycles. The van der Waals surface area contributed by atoms with Crippen LogP contribution < -0.4 is 4.74 Å². The molecule has 1 aliphatic heterocycles. The lowest BCUT2D eigenvalue weighted by atomic mass is 10.2. The van der Waals surface area contributed by atoms with Crippen LogP contribution in [0.1, 0.15) is 11.1 Å². The Balaban J connectivity index is 1.85. The van der Waals surface area contributed by atoms with Crippen LogP contribution in [-0.2, 0) is 11.3 Å². The van der Waals surface area contributed by atoms with Gasteiger partial charge in [0.1, 0.15) is 10.1 Å². The molecule has 23 heavy (non-hydrogen) atoms. The quantitative estimate of drug-likeness (QED) is 0.619. The van der Waals surface area contributed by atoms with Crippen LogP contribution in [-0.4, -0.2) is 22.2 Å². The Labute approximate surface area is 144 Å². The third-order valence-corrected chi connectivity index (χ3v) is 4.86. The van der Waals surface area contributed by atoms with Crippen molar-refractivity contribution in [3.05, 3.63) is 70.6 Å². The zero-order chi connectivity index (χ0) is 16.2. The summed E-state index contributed by atoms with van der Waals surface area (Å²) >= 11 is 6.70. The topological polar surface area (TPSA) is 29.5 Å². The van der Waals surface area contributed by atoms with E-state index in [1.165, 1.54) is 11.8 Å². The van der Waals surface area contributed by atoms with Gasteiger partial charge in [-0.25, -0.2) is 0 Å². The minimum absolute atomic E-state index is 0.0604. The molecule has 1 fully saturated rings. The number of thiocarbonyl (C=S) groups is 1. The van der Waals surface area contributed by atoms with Crippen molar-refractivity contribution in [3.63, 3.8) is 0 Å². The molecule has 0 aliphatic carbocycles. The Bertz CT molecular complexity index is 772. The molecule has 2 aromatic carbocycles. The van der Waals surface area contributed by atoms with Gasteiger partial charge in [0.2, 0.25) is 0 Å². The van der Waals surface area contributed by atoms with Crippen LogP contribution in [0.5, 0.6) is 5.75 Å². The van der Waals surface area contributed by atoms with Gasteiger partial charge in [-0.2, -0.15) is 0 Å². The molecule has 3 rings (SSSR count). The highest BCUT2D eigenvalue weighted by Gasteiger charge is 2.32. The molecule has 2 aromatic rings. The minimum atomic E-state index is -0.0604. The lowest BCUT2D eigenvalue weighted by Gasteiger charge is -2.14. The van der Waals surface area contributed by atoms with Crippen molar-refractivity contribution in [2.45, 2.75) is 6.54 Å². The van der Waals surface area contributed by atoms with Gasteiger partial charge in [-0.3, -0.25) is 9.69 Å². The van der Waals surface area contributed by atoms with E-state index in [2.05, 4.69) is 0 Å². The minimum Gasteiger partial charge on any atom is -0.496 e. The van der Waals surface area contributed by atoms with Crippen LogP contribution in [0.4, 0.5) is 0 Å². The normalized spacial score (nSPS) is 16.2. The van der Waals surface area contributed by atoms with Crippen molar-refractivity contribution in [2.75, 3.05) is 7.11 Å². The second kappa shape index (κ2) is 6.98.